The molecule has 168 valence electrons. The largest absolute Gasteiger partial charge is 0.480 e. The highest BCUT2D eigenvalue weighted by molar-refractivity contribution is 7.90. The summed E-state index contributed by atoms with van der Waals surface area (Å²) in [5, 5.41) is 12.9. The van der Waals surface area contributed by atoms with Crippen molar-refractivity contribution in [3.8, 4) is 0 Å². The third-order valence-corrected chi connectivity index (χ3v) is 6.07. The van der Waals surface area contributed by atoms with Crippen molar-refractivity contribution in [2.24, 2.45) is 0 Å². The fourth-order valence-electron chi connectivity index (χ4n) is 3.39. The molecular formula is C23H29FN2O4S. The molecule has 0 aliphatic carbocycles. The molecule has 0 saturated heterocycles. The van der Waals surface area contributed by atoms with Crippen LogP contribution >= 0.6 is 0 Å². The average Bonchev–Trinajstić information content (AvgIpc) is 2.93. The normalized spacial score (nSPS) is 11.3. The van der Waals surface area contributed by atoms with Gasteiger partial charge in [0.15, 0.2) is 9.84 Å². The Labute approximate surface area is 182 Å². The highest BCUT2D eigenvalue weighted by Gasteiger charge is 2.17. The van der Waals surface area contributed by atoms with Crippen LogP contribution in [-0.4, -0.2) is 43.4 Å². The number of rotatable bonds is 7. The first-order chi connectivity index (χ1) is 14.6. The molecule has 1 heterocycles. The van der Waals surface area contributed by atoms with Crippen molar-refractivity contribution in [2.45, 2.75) is 38.6 Å². The van der Waals surface area contributed by atoms with Gasteiger partial charge in [0.25, 0.3) is 0 Å². The van der Waals surface area contributed by atoms with Gasteiger partial charge in [0.1, 0.15) is 12.4 Å². The quantitative estimate of drug-likeness (QED) is 0.574. The summed E-state index contributed by atoms with van der Waals surface area (Å²) < 4.78 is 38.5. The maximum Gasteiger partial charge on any atom is 0.323 e. The molecule has 2 N–H and O–H groups in total. The van der Waals surface area contributed by atoms with E-state index >= 15 is 0 Å². The van der Waals surface area contributed by atoms with Crippen molar-refractivity contribution >= 4 is 26.7 Å². The standard InChI is InChI=1S/C19H18FNO4S.C4H11N/c1-12-16(9-13-3-6-15(7-4-13)26(2,24)25)17-10-14(20)5-8-18(17)21(12)11-19(22)23;1-3-5-4-2/h3-8,10H,9,11H2,1-2H3,(H,22,23);5H,3-4H2,1-2H3. The van der Waals surface area contributed by atoms with Crippen LogP contribution in [0.25, 0.3) is 10.9 Å². The van der Waals surface area contributed by atoms with Gasteiger partial charge in [0, 0.05) is 22.9 Å². The molecule has 0 radical (unpaired) electrons. The number of nitrogens with one attached hydrogen (secondary N) is 1. The van der Waals surface area contributed by atoms with Gasteiger partial charge in [-0.05, 0) is 67.9 Å². The third kappa shape index (κ3) is 6.38. The van der Waals surface area contributed by atoms with E-state index in [4.69, 9.17) is 5.11 Å². The minimum atomic E-state index is -3.27. The van der Waals surface area contributed by atoms with E-state index in [1.54, 1.807) is 29.7 Å². The van der Waals surface area contributed by atoms with E-state index in [0.29, 0.717) is 17.3 Å². The van der Waals surface area contributed by atoms with E-state index in [-0.39, 0.29) is 11.4 Å². The van der Waals surface area contributed by atoms with Gasteiger partial charge < -0.3 is 15.0 Å². The fourth-order valence-corrected chi connectivity index (χ4v) is 4.03. The monoisotopic (exact) mass is 448 g/mol. The van der Waals surface area contributed by atoms with Crippen LogP contribution in [0.1, 0.15) is 30.7 Å². The maximum absolute atomic E-state index is 13.8. The van der Waals surface area contributed by atoms with Crippen LogP contribution in [0.5, 0.6) is 0 Å². The van der Waals surface area contributed by atoms with Crippen LogP contribution in [0.3, 0.4) is 0 Å². The lowest BCUT2D eigenvalue weighted by Gasteiger charge is -2.06. The Morgan fingerprint density at radius 1 is 1.10 bits per heavy atom. The van der Waals surface area contributed by atoms with E-state index in [9.17, 15) is 17.6 Å². The summed E-state index contributed by atoms with van der Waals surface area (Å²) in [7, 11) is -3.27. The maximum atomic E-state index is 13.8. The molecule has 1 aromatic heterocycles. The lowest BCUT2D eigenvalue weighted by atomic mass is 10.0. The van der Waals surface area contributed by atoms with Gasteiger partial charge >= 0.3 is 5.97 Å². The minimum absolute atomic E-state index is 0.207. The molecule has 0 aliphatic rings. The molecular weight excluding hydrogens is 419 g/mol. The van der Waals surface area contributed by atoms with Crippen LogP contribution in [0, 0.1) is 12.7 Å². The van der Waals surface area contributed by atoms with Gasteiger partial charge in [-0.2, -0.15) is 0 Å². The van der Waals surface area contributed by atoms with Crippen molar-refractivity contribution in [1.82, 2.24) is 9.88 Å². The number of aromatic nitrogens is 1. The van der Waals surface area contributed by atoms with Crippen molar-refractivity contribution in [3.63, 3.8) is 0 Å². The lowest BCUT2D eigenvalue weighted by Crippen LogP contribution is -2.10. The predicted octanol–water partition coefficient (Wildman–Crippen LogP) is 3.78. The second-order valence-electron chi connectivity index (χ2n) is 7.26. The summed E-state index contributed by atoms with van der Waals surface area (Å²) in [6.45, 7) is 7.99. The van der Waals surface area contributed by atoms with E-state index in [0.717, 1.165) is 36.2 Å². The smallest absolute Gasteiger partial charge is 0.323 e. The van der Waals surface area contributed by atoms with E-state index in [2.05, 4.69) is 19.2 Å². The SMILES string of the molecule is CCNCC.Cc1c(Cc2ccc(S(C)(=O)=O)cc2)c2cc(F)ccc2n1CC(=O)O. The van der Waals surface area contributed by atoms with Gasteiger partial charge in [-0.25, -0.2) is 12.8 Å². The van der Waals surface area contributed by atoms with Gasteiger partial charge in [0.05, 0.1) is 4.90 Å². The zero-order chi connectivity index (χ0) is 23.2. The van der Waals surface area contributed by atoms with Crippen LogP contribution in [0.15, 0.2) is 47.4 Å². The molecule has 0 saturated carbocycles. The number of carboxylic acids is 1. The van der Waals surface area contributed by atoms with Crippen molar-refractivity contribution in [3.05, 3.63) is 65.1 Å². The number of carbonyl (C=O) groups is 1. The van der Waals surface area contributed by atoms with Gasteiger partial charge in [0.2, 0.25) is 0 Å². The zero-order valence-corrected chi connectivity index (χ0v) is 19.1. The fraction of sp³-hybridized carbons (Fsp3) is 0.348. The summed E-state index contributed by atoms with van der Waals surface area (Å²) in [6, 6.07) is 10.8. The Morgan fingerprint density at radius 2 is 1.71 bits per heavy atom. The minimum Gasteiger partial charge on any atom is -0.480 e. The number of hydrogen-bond acceptors (Lipinski definition) is 4. The van der Waals surface area contributed by atoms with Crippen molar-refractivity contribution < 1.29 is 22.7 Å². The van der Waals surface area contributed by atoms with Gasteiger partial charge in [-0.15, -0.1) is 0 Å². The number of sulfone groups is 1. The Balaban J connectivity index is 0.000000614. The molecule has 0 atom stereocenters. The van der Waals surface area contributed by atoms with E-state index in [1.807, 2.05) is 0 Å². The Morgan fingerprint density at radius 3 is 2.19 bits per heavy atom. The van der Waals surface area contributed by atoms with Crippen LogP contribution in [0.2, 0.25) is 0 Å². The second kappa shape index (κ2) is 10.5. The number of fused-ring (bicyclic) bond motifs is 1. The van der Waals surface area contributed by atoms with Crippen LogP contribution in [0.4, 0.5) is 4.39 Å². The highest BCUT2D eigenvalue weighted by Crippen LogP contribution is 2.29. The lowest BCUT2D eigenvalue weighted by molar-refractivity contribution is -0.137. The summed E-state index contributed by atoms with van der Waals surface area (Å²) in [4.78, 5) is 11.4. The molecule has 0 aliphatic heterocycles. The van der Waals surface area contributed by atoms with Crippen molar-refractivity contribution in [1.29, 1.82) is 0 Å². The summed E-state index contributed by atoms with van der Waals surface area (Å²) in [5.41, 5.74) is 3.10. The number of hydrogen-bond donors (Lipinski definition) is 2. The van der Waals surface area contributed by atoms with Crippen LogP contribution < -0.4 is 5.32 Å². The Hall–Kier alpha value is -2.71. The van der Waals surface area contributed by atoms with Gasteiger partial charge in [-0.1, -0.05) is 26.0 Å². The van der Waals surface area contributed by atoms with Crippen molar-refractivity contribution in [2.75, 3.05) is 19.3 Å². The second-order valence-corrected chi connectivity index (χ2v) is 9.27. The zero-order valence-electron chi connectivity index (χ0n) is 18.3. The molecule has 0 bridgehead atoms. The molecule has 8 heteroatoms. The molecule has 2 aromatic carbocycles. The number of carboxylic acid groups (broad SMARTS) is 1. The molecule has 3 rings (SSSR count). The van der Waals surface area contributed by atoms with Gasteiger partial charge in [-0.3, -0.25) is 4.79 Å². The third-order valence-electron chi connectivity index (χ3n) is 4.94. The topological polar surface area (TPSA) is 88.4 Å². The Bertz CT molecular complexity index is 1150. The number of halogens is 1. The van der Waals surface area contributed by atoms with E-state index in [1.165, 1.54) is 24.3 Å². The summed E-state index contributed by atoms with van der Waals surface area (Å²) in [5.74, 6) is -1.36. The Kier molecular flexibility index (Phi) is 8.36. The first-order valence-corrected chi connectivity index (χ1v) is 12.0. The predicted molar refractivity (Wildman–Crippen MR) is 121 cm³/mol. The highest BCUT2D eigenvalue weighted by atomic mass is 32.2. The number of benzene rings is 2. The van der Waals surface area contributed by atoms with E-state index < -0.39 is 21.6 Å². The number of nitrogens with zero attached hydrogens (tertiary/aromatic N) is 1. The molecule has 3 aromatic rings. The number of aliphatic carboxylic acids is 1. The first kappa shape index (κ1) is 24.6. The molecule has 0 spiro atoms. The first-order valence-electron chi connectivity index (χ1n) is 10.1. The molecule has 6 nitrogen and oxygen atoms in total. The molecule has 0 amide bonds. The molecule has 31 heavy (non-hydrogen) atoms. The summed E-state index contributed by atoms with van der Waals surface area (Å²) in [6.07, 6.45) is 1.59. The average molecular weight is 449 g/mol. The molecule has 0 fully saturated rings. The van der Waals surface area contributed by atoms with Crippen LogP contribution in [-0.2, 0) is 27.6 Å². The summed E-state index contributed by atoms with van der Waals surface area (Å²) >= 11 is 0. The molecule has 0 unspecified atom stereocenters.